The highest BCUT2D eigenvalue weighted by Crippen LogP contribution is 2.30. The van der Waals surface area contributed by atoms with Crippen LogP contribution in [0, 0.1) is 5.92 Å². The summed E-state index contributed by atoms with van der Waals surface area (Å²) in [6.07, 6.45) is 3.46. The van der Waals surface area contributed by atoms with Crippen molar-refractivity contribution in [3.05, 3.63) is 59.7 Å². The van der Waals surface area contributed by atoms with E-state index in [0.717, 1.165) is 18.4 Å². The van der Waals surface area contributed by atoms with Crippen LogP contribution >= 0.6 is 0 Å². The lowest BCUT2D eigenvalue weighted by molar-refractivity contribution is -0.117. The molecule has 2 aromatic carbocycles. The maximum atomic E-state index is 12.2. The summed E-state index contributed by atoms with van der Waals surface area (Å²) in [6.45, 7) is 2.47. The molecular weight excluding hydrogens is 330 g/mol. The van der Waals surface area contributed by atoms with Crippen LogP contribution in [0.5, 0.6) is 5.75 Å². The van der Waals surface area contributed by atoms with Gasteiger partial charge in [0.2, 0.25) is 5.91 Å². The number of anilines is 1. The van der Waals surface area contributed by atoms with Crippen LogP contribution in [0.1, 0.15) is 35.7 Å². The van der Waals surface area contributed by atoms with Crippen molar-refractivity contribution in [3.8, 4) is 5.75 Å². The molecule has 0 aromatic heterocycles. The molecule has 3 rings (SSSR count). The summed E-state index contributed by atoms with van der Waals surface area (Å²) in [7, 11) is 0. The van der Waals surface area contributed by atoms with Crippen molar-refractivity contribution < 1.29 is 14.3 Å². The Labute approximate surface area is 152 Å². The molecule has 134 valence electrons. The smallest absolute Gasteiger partial charge is 0.271 e. The second kappa shape index (κ2) is 8.29. The zero-order chi connectivity index (χ0) is 18.4. The summed E-state index contributed by atoms with van der Waals surface area (Å²) in [6, 6.07) is 14.2. The minimum absolute atomic E-state index is 0.0414. The molecule has 2 amide bonds. The molecule has 1 fully saturated rings. The minimum Gasteiger partial charge on any atom is -0.493 e. The SMILES string of the molecule is CCOc1ccccc1/C=N/NC(=O)c1ccc(NC(=O)C2CC2)cc1. The highest BCUT2D eigenvalue weighted by Gasteiger charge is 2.29. The second-order valence-electron chi connectivity index (χ2n) is 6.01. The topological polar surface area (TPSA) is 79.8 Å². The minimum atomic E-state index is -0.324. The van der Waals surface area contributed by atoms with E-state index < -0.39 is 0 Å². The van der Waals surface area contributed by atoms with Gasteiger partial charge >= 0.3 is 0 Å². The standard InChI is InChI=1S/C20H21N3O3/c1-2-26-18-6-4-3-5-16(18)13-21-23-20(25)15-9-11-17(12-10-15)22-19(24)14-7-8-14/h3-6,9-14H,2,7-8H2,1H3,(H,22,24)(H,23,25)/b21-13+. The largest absolute Gasteiger partial charge is 0.493 e. The first-order valence-electron chi connectivity index (χ1n) is 8.63. The molecule has 0 heterocycles. The van der Waals surface area contributed by atoms with Gasteiger partial charge in [0.05, 0.1) is 12.8 Å². The molecule has 2 N–H and O–H groups in total. The molecule has 26 heavy (non-hydrogen) atoms. The third-order valence-corrected chi connectivity index (χ3v) is 3.95. The van der Waals surface area contributed by atoms with Gasteiger partial charge in [-0.05, 0) is 56.2 Å². The highest BCUT2D eigenvalue weighted by molar-refractivity contribution is 5.97. The first kappa shape index (κ1) is 17.7. The van der Waals surface area contributed by atoms with E-state index in [-0.39, 0.29) is 17.7 Å². The molecule has 6 heteroatoms. The number of hydrogen-bond donors (Lipinski definition) is 2. The zero-order valence-electron chi connectivity index (χ0n) is 14.6. The molecule has 0 spiro atoms. The van der Waals surface area contributed by atoms with Crippen molar-refractivity contribution in [3.63, 3.8) is 0 Å². The molecule has 0 aliphatic heterocycles. The molecule has 0 bridgehead atoms. The molecule has 0 saturated heterocycles. The van der Waals surface area contributed by atoms with E-state index in [1.165, 1.54) is 0 Å². The zero-order valence-corrected chi connectivity index (χ0v) is 14.6. The van der Waals surface area contributed by atoms with Crippen molar-refractivity contribution in [1.29, 1.82) is 0 Å². The molecule has 6 nitrogen and oxygen atoms in total. The van der Waals surface area contributed by atoms with Crippen molar-refractivity contribution in [2.75, 3.05) is 11.9 Å². The van der Waals surface area contributed by atoms with Gasteiger partial charge < -0.3 is 10.1 Å². The Hall–Kier alpha value is -3.15. The maximum absolute atomic E-state index is 12.2. The number of hydrogen-bond acceptors (Lipinski definition) is 4. The molecule has 0 atom stereocenters. The van der Waals surface area contributed by atoms with E-state index in [0.29, 0.717) is 23.6 Å². The Bertz CT molecular complexity index is 811. The van der Waals surface area contributed by atoms with Crippen LogP contribution in [-0.4, -0.2) is 24.6 Å². The lowest BCUT2D eigenvalue weighted by Crippen LogP contribution is -2.18. The van der Waals surface area contributed by atoms with Gasteiger partial charge in [-0.3, -0.25) is 9.59 Å². The van der Waals surface area contributed by atoms with Crippen LogP contribution in [0.2, 0.25) is 0 Å². The van der Waals surface area contributed by atoms with Gasteiger partial charge in [0, 0.05) is 22.7 Å². The van der Waals surface area contributed by atoms with Crippen LogP contribution < -0.4 is 15.5 Å². The molecule has 0 unspecified atom stereocenters. The Morgan fingerprint density at radius 2 is 1.88 bits per heavy atom. The van der Waals surface area contributed by atoms with Gasteiger partial charge in [-0.2, -0.15) is 5.10 Å². The normalized spacial score (nSPS) is 13.4. The third kappa shape index (κ3) is 4.69. The van der Waals surface area contributed by atoms with Gasteiger partial charge in [-0.15, -0.1) is 0 Å². The summed E-state index contributed by atoms with van der Waals surface area (Å²) in [5, 5.41) is 6.83. The first-order valence-corrected chi connectivity index (χ1v) is 8.63. The molecule has 1 aliphatic carbocycles. The Balaban J connectivity index is 1.57. The fourth-order valence-electron chi connectivity index (χ4n) is 2.39. The average Bonchev–Trinajstić information content (AvgIpc) is 3.49. The Kier molecular flexibility index (Phi) is 5.63. The van der Waals surface area contributed by atoms with Gasteiger partial charge in [0.25, 0.3) is 5.91 Å². The van der Waals surface area contributed by atoms with Gasteiger partial charge in [-0.1, -0.05) is 12.1 Å². The van der Waals surface area contributed by atoms with Gasteiger partial charge in [-0.25, -0.2) is 5.43 Å². The fraction of sp³-hybridized carbons (Fsp3) is 0.250. The van der Waals surface area contributed by atoms with Gasteiger partial charge in [0.15, 0.2) is 0 Å². The number of nitrogens with zero attached hydrogens (tertiary/aromatic N) is 1. The van der Waals surface area contributed by atoms with Crippen LogP contribution in [0.25, 0.3) is 0 Å². The van der Waals surface area contributed by atoms with E-state index >= 15 is 0 Å². The number of para-hydroxylation sites is 1. The third-order valence-electron chi connectivity index (χ3n) is 3.95. The van der Waals surface area contributed by atoms with Gasteiger partial charge in [0.1, 0.15) is 5.75 Å². The van der Waals surface area contributed by atoms with Crippen LogP contribution in [0.3, 0.4) is 0 Å². The van der Waals surface area contributed by atoms with Crippen LogP contribution in [-0.2, 0) is 4.79 Å². The van der Waals surface area contributed by atoms with E-state index in [2.05, 4.69) is 15.8 Å². The number of hydrazone groups is 1. The molecule has 1 aliphatic rings. The Morgan fingerprint density at radius 3 is 2.58 bits per heavy atom. The predicted octanol–water partition coefficient (Wildman–Crippen LogP) is 3.20. The first-order chi connectivity index (χ1) is 12.7. The number of carbonyl (C=O) groups excluding carboxylic acids is 2. The number of rotatable bonds is 7. The maximum Gasteiger partial charge on any atom is 0.271 e. The fourth-order valence-corrected chi connectivity index (χ4v) is 2.39. The lowest BCUT2D eigenvalue weighted by atomic mass is 10.2. The van der Waals surface area contributed by atoms with Crippen molar-refractivity contribution in [2.24, 2.45) is 11.0 Å². The van der Waals surface area contributed by atoms with E-state index in [1.807, 2.05) is 31.2 Å². The summed E-state index contributed by atoms with van der Waals surface area (Å²) < 4.78 is 5.51. The van der Waals surface area contributed by atoms with Crippen molar-refractivity contribution in [2.45, 2.75) is 19.8 Å². The Morgan fingerprint density at radius 1 is 1.15 bits per heavy atom. The number of carbonyl (C=O) groups is 2. The van der Waals surface area contributed by atoms with Crippen LogP contribution in [0.15, 0.2) is 53.6 Å². The molecule has 0 radical (unpaired) electrons. The highest BCUT2D eigenvalue weighted by atomic mass is 16.5. The lowest BCUT2D eigenvalue weighted by Gasteiger charge is -2.06. The second-order valence-corrected chi connectivity index (χ2v) is 6.01. The number of ether oxygens (including phenoxy) is 1. The number of benzene rings is 2. The average molecular weight is 351 g/mol. The van der Waals surface area contributed by atoms with Crippen LogP contribution in [0.4, 0.5) is 5.69 Å². The predicted molar refractivity (Wildman–Crippen MR) is 100 cm³/mol. The summed E-state index contributed by atoms with van der Waals surface area (Å²) in [5.41, 5.74) is 4.43. The molecule has 2 aromatic rings. The van der Waals surface area contributed by atoms with E-state index in [1.54, 1.807) is 30.5 Å². The number of nitrogens with one attached hydrogen (secondary N) is 2. The summed E-state index contributed by atoms with van der Waals surface area (Å²) in [4.78, 5) is 23.9. The quantitative estimate of drug-likeness (QED) is 0.594. The van der Waals surface area contributed by atoms with E-state index in [9.17, 15) is 9.59 Å². The van der Waals surface area contributed by atoms with Crippen molar-refractivity contribution in [1.82, 2.24) is 5.43 Å². The number of amides is 2. The summed E-state index contributed by atoms with van der Waals surface area (Å²) in [5.74, 6) is 0.575. The summed E-state index contributed by atoms with van der Waals surface area (Å²) >= 11 is 0. The van der Waals surface area contributed by atoms with E-state index in [4.69, 9.17) is 4.74 Å². The monoisotopic (exact) mass is 351 g/mol. The van der Waals surface area contributed by atoms with Crippen molar-refractivity contribution >= 4 is 23.7 Å². The molecular formula is C20H21N3O3. The molecule has 1 saturated carbocycles.